The van der Waals surface area contributed by atoms with Gasteiger partial charge in [-0.1, -0.05) is 43.9 Å². The van der Waals surface area contributed by atoms with E-state index in [9.17, 15) is 8.42 Å². The Balaban J connectivity index is 1.47. The summed E-state index contributed by atoms with van der Waals surface area (Å²) in [7, 11) is -2.07. The van der Waals surface area contributed by atoms with Crippen molar-refractivity contribution in [2.45, 2.75) is 55.8 Å². The van der Waals surface area contributed by atoms with E-state index in [-0.39, 0.29) is 0 Å². The Bertz CT molecular complexity index is 1130. The number of hydrogen-bond donors (Lipinski definition) is 2. The number of para-hydroxylation sites is 1. The van der Waals surface area contributed by atoms with Crippen LogP contribution in [0.1, 0.15) is 44.6 Å². The number of benzene rings is 2. The lowest BCUT2D eigenvalue weighted by Crippen LogP contribution is -2.28. The molecule has 0 unspecified atom stereocenters. The Kier molecular flexibility index (Phi) is 6.84. The number of sulfonamides is 1. The third-order valence-corrected chi connectivity index (χ3v) is 8.99. The first kappa shape index (κ1) is 22.1. The summed E-state index contributed by atoms with van der Waals surface area (Å²) in [5, 5.41) is 4.44. The van der Waals surface area contributed by atoms with Gasteiger partial charge in [-0.25, -0.2) is 8.42 Å². The molecule has 0 bridgehead atoms. The lowest BCUT2D eigenvalue weighted by molar-refractivity contribution is 0.404. The van der Waals surface area contributed by atoms with Gasteiger partial charge in [-0.15, -0.1) is 11.3 Å². The van der Waals surface area contributed by atoms with Gasteiger partial charge in [-0.05, 0) is 60.5 Å². The van der Waals surface area contributed by atoms with Crippen LogP contribution < -0.4 is 14.8 Å². The number of methoxy groups -OCH3 is 1. The zero-order valence-electron chi connectivity index (χ0n) is 18.1. The number of anilines is 1. The summed E-state index contributed by atoms with van der Waals surface area (Å²) in [6.07, 6.45) is 6.56. The zero-order chi connectivity index (χ0) is 21.8. The van der Waals surface area contributed by atoms with E-state index >= 15 is 0 Å². The summed E-state index contributed by atoms with van der Waals surface area (Å²) < 4.78 is 35.5. The summed E-state index contributed by atoms with van der Waals surface area (Å²) in [5.74, 6) is 1.54. The van der Waals surface area contributed by atoms with Crippen molar-refractivity contribution < 1.29 is 13.2 Å². The Hall–Kier alpha value is -2.09. The van der Waals surface area contributed by atoms with E-state index in [0.717, 1.165) is 21.6 Å². The second kappa shape index (κ2) is 9.59. The Labute approximate surface area is 188 Å². The fourth-order valence-corrected chi connectivity index (χ4v) is 6.82. The molecule has 3 aromatic rings. The van der Waals surface area contributed by atoms with Crippen LogP contribution >= 0.6 is 11.3 Å². The minimum atomic E-state index is -3.67. The molecule has 0 aliphatic heterocycles. The molecule has 0 radical (unpaired) electrons. The van der Waals surface area contributed by atoms with Crippen LogP contribution in [0.15, 0.2) is 52.7 Å². The minimum Gasteiger partial charge on any atom is -0.497 e. The van der Waals surface area contributed by atoms with Crippen LogP contribution in [-0.4, -0.2) is 21.6 Å². The van der Waals surface area contributed by atoms with Gasteiger partial charge in [0.1, 0.15) is 9.96 Å². The lowest BCUT2D eigenvalue weighted by atomic mass is 9.99. The summed E-state index contributed by atoms with van der Waals surface area (Å²) in [6.45, 7) is 2.85. The number of thiophene rings is 1. The van der Waals surface area contributed by atoms with Gasteiger partial charge in [0, 0.05) is 17.3 Å². The molecule has 1 aliphatic rings. The average molecular weight is 459 g/mol. The molecular weight excluding hydrogens is 428 g/mol. The van der Waals surface area contributed by atoms with E-state index in [2.05, 4.69) is 17.0 Å². The first-order valence-corrected chi connectivity index (χ1v) is 13.2. The number of ether oxygens (including phenoxy) is 1. The molecule has 5 nitrogen and oxygen atoms in total. The molecule has 7 heteroatoms. The Morgan fingerprint density at radius 1 is 1.13 bits per heavy atom. The summed E-state index contributed by atoms with van der Waals surface area (Å²) >= 11 is 1.26. The smallest absolute Gasteiger partial charge is 0.271 e. The van der Waals surface area contributed by atoms with Gasteiger partial charge in [-0.3, -0.25) is 4.72 Å². The minimum absolute atomic E-state index is 0.299. The molecule has 1 fully saturated rings. The molecule has 0 saturated heterocycles. The maximum atomic E-state index is 13.1. The van der Waals surface area contributed by atoms with Gasteiger partial charge in [-0.2, -0.15) is 0 Å². The van der Waals surface area contributed by atoms with Gasteiger partial charge < -0.3 is 10.1 Å². The number of nitrogens with one attached hydrogen (secondary N) is 2. The van der Waals surface area contributed by atoms with Crippen LogP contribution in [0.4, 0.5) is 5.69 Å². The van der Waals surface area contributed by atoms with Crippen LogP contribution in [0.5, 0.6) is 5.75 Å². The van der Waals surface area contributed by atoms with E-state index in [1.165, 1.54) is 43.4 Å². The van der Waals surface area contributed by atoms with E-state index in [4.69, 9.17) is 4.74 Å². The van der Waals surface area contributed by atoms with E-state index < -0.39 is 10.0 Å². The number of rotatable bonds is 9. The van der Waals surface area contributed by atoms with E-state index in [1.54, 1.807) is 13.2 Å². The Morgan fingerprint density at radius 3 is 2.68 bits per heavy atom. The molecule has 0 amide bonds. The first-order chi connectivity index (χ1) is 14.9. The van der Waals surface area contributed by atoms with Crippen molar-refractivity contribution in [1.82, 2.24) is 5.32 Å². The molecule has 31 heavy (non-hydrogen) atoms. The molecule has 1 atom stereocenters. The standard InChI is InChI=1S/C24H30N2O3S2/c1-17(13-18-7-3-4-8-18)25-16-19-9-5-6-10-22(19)26-31(27,28)24-15-20-14-21(29-2)11-12-23(20)30-24/h5-6,9-12,14-15,17-18,25-26H,3-4,7-8,13,16H2,1-2H3/t17-/m0/s1. The largest absolute Gasteiger partial charge is 0.497 e. The summed E-state index contributed by atoms with van der Waals surface area (Å²) in [6, 6.07) is 15.3. The molecule has 0 spiro atoms. The van der Waals surface area contributed by atoms with E-state index in [1.807, 2.05) is 42.5 Å². The first-order valence-electron chi connectivity index (χ1n) is 10.9. The zero-order valence-corrected chi connectivity index (χ0v) is 19.7. The third kappa shape index (κ3) is 5.40. The van der Waals surface area contributed by atoms with Crippen LogP contribution in [0, 0.1) is 5.92 Å². The predicted octanol–water partition coefficient (Wildman–Crippen LogP) is 5.77. The molecule has 1 saturated carbocycles. The monoisotopic (exact) mass is 458 g/mol. The predicted molar refractivity (Wildman–Crippen MR) is 129 cm³/mol. The highest BCUT2D eigenvalue weighted by Crippen LogP contribution is 2.33. The molecular formula is C24H30N2O3S2. The Morgan fingerprint density at radius 2 is 1.90 bits per heavy atom. The second-order valence-corrected chi connectivity index (χ2v) is 11.4. The normalized spacial score (nSPS) is 15.9. The second-order valence-electron chi connectivity index (χ2n) is 8.40. The highest BCUT2D eigenvalue weighted by molar-refractivity contribution is 7.94. The lowest BCUT2D eigenvalue weighted by Gasteiger charge is -2.19. The molecule has 1 heterocycles. The number of fused-ring (bicyclic) bond motifs is 1. The topological polar surface area (TPSA) is 67.4 Å². The molecule has 166 valence electrons. The summed E-state index contributed by atoms with van der Waals surface area (Å²) in [5.41, 5.74) is 1.57. The van der Waals surface area contributed by atoms with Gasteiger partial charge in [0.25, 0.3) is 10.0 Å². The van der Waals surface area contributed by atoms with Gasteiger partial charge in [0.2, 0.25) is 0 Å². The molecule has 1 aromatic heterocycles. The van der Waals surface area contributed by atoms with Crippen molar-refractivity contribution in [3.63, 3.8) is 0 Å². The van der Waals surface area contributed by atoms with Gasteiger partial charge in [0.15, 0.2) is 0 Å². The van der Waals surface area contributed by atoms with Crippen molar-refractivity contribution >= 4 is 37.1 Å². The van der Waals surface area contributed by atoms with Crippen molar-refractivity contribution in [2.75, 3.05) is 11.8 Å². The summed E-state index contributed by atoms with van der Waals surface area (Å²) in [4.78, 5) is 0. The van der Waals surface area contributed by atoms with Crippen molar-refractivity contribution in [2.24, 2.45) is 5.92 Å². The van der Waals surface area contributed by atoms with Gasteiger partial charge in [0.05, 0.1) is 12.8 Å². The highest BCUT2D eigenvalue weighted by atomic mass is 32.2. The molecule has 4 rings (SSSR count). The van der Waals surface area contributed by atoms with Crippen LogP contribution in [0.25, 0.3) is 10.1 Å². The van der Waals surface area contributed by atoms with Crippen LogP contribution in [-0.2, 0) is 16.6 Å². The number of hydrogen-bond acceptors (Lipinski definition) is 5. The van der Waals surface area contributed by atoms with Crippen LogP contribution in [0.3, 0.4) is 0 Å². The maximum absolute atomic E-state index is 13.1. The molecule has 2 N–H and O–H groups in total. The van der Waals surface area contributed by atoms with Crippen LogP contribution in [0.2, 0.25) is 0 Å². The van der Waals surface area contributed by atoms with Crippen molar-refractivity contribution in [3.05, 3.63) is 54.1 Å². The van der Waals surface area contributed by atoms with Gasteiger partial charge >= 0.3 is 0 Å². The maximum Gasteiger partial charge on any atom is 0.271 e. The van der Waals surface area contributed by atoms with E-state index in [0.29, 0.717) is 28.2 Å². The third-order valence-electron chi connectivity index (χ3n) is 6.03. The highest BCUT2D eigenvalue weighted by Gasteiger charge is 2.20. The average Bonchev–Trinajstić information content (AvgIpc) is 3.42. The fraction of sp³-hybridized carbons (Fsp3) is 0.417. The molecule has 2 aromatic carbocycles. The quantitative estimate of drug-likeness (QED) is 0.427. The van der Waals surface area contributed by atoms with Crippen molar-refractivity contribution in [3.8, 4) is 5.75 Å². The SMILES string of the molecule is COc1ccc2sc(S(=O)(=O)Nc3ccccc3CN[C@@H](C)CC3CCCC3)cc2c1. The molecule has 1 aliphatic carbocycles. The van der Waals surface area contributed by atoms with Crippen molar-refractivity contribution in [1.29, 1.82) is 0 Å². The fourth-order valence-electron chi connectivity index (χ4n) is 4.34.